The average molecular weight is 315 g/mol. The van der Waals surface area contributed by atoms with E-state index in [1.165, 1.54) is 12.1 Å². The molecule has 0 amide bonds. The molecule has 1 atom stereocenters. The number of halogens is 5. The lowest BCUT2D eigenvalue weighted by molar-refractivity contribution is -0.272. The summed E-state index contributed by atoms with van der Waals surface area (Å²) in [6, 6.07) is 3.99. The van der Waals surface area contributed by atoms with E-state index in [-0.39, 0.29) is 12.0 Å². The molecule has 0 bridgehead atoms. The summed E-state index contributed by atoms with van der Waals surface area (Å²) >= 11 is 3.05. The summed E-state index contributed by atoms with van der Waals surface area (Å²) in [6.07, 6.45) is -4.94. The molecule has 0 N–H and O–H groups in total. The van der Waals surface area contributed by atoms with Gasteiger partial charge in [0.2, 0.25) is 0 Å². The second-order valence-electron chi connectivity index (χ2n) is 3.45. The third-order valence-electron chi connectivity index (χ3n) is 2.15. The monoisotopic (exact) mass is 314 g/mol. The molecule has 0 saturated carbocycles. The smallest absolute Gasteiger partial charge is 0.310 e. The van der Waals surface area contributed by atoms with E-state index in [1.807, 2.05) is 0 Å². The second kappa shape index (κ2) is 5.82. The van der Waals surface area contributed by atoms with Gasteiger partial charge in [0.15, 0.2) is 6.67 Å². The molecule has 1 rings (SSSR count). The Hall–Kier alpha value is -0.620. The third kappa shape index (κ3) is 3.96. The molecule has 1 aromatic rings. The Kier molecular flexibility index (Phi) is 4.94. The predicted octanol–water partition coefficient (Wildman–Crippen LogP) is 4.62. The minimum Gasteiger partial charge on any atom is -0.310 e. The number of rotatable bonds is 5. The zero-order valence-electron chi connectivity index (χ0n) is 9.02. The van der Waals surface area contributed by atoms with Crippen molar-refractivity contribution in [3.63, 3.8) is 0 Å². The maximum atomic E-state index is 13.5. The molecule has 6 heteroatoms. The highest BCUT2D eigenvalue weighted by Crippen LogP contribution is 2.31. The lowest BCUT2D eigenvalue weighted by atomic mass is 10.1. The summed E-state index contributed by atoms with van der Waals surface area (Å²) in [5, 5.41) is 0. The largest absolute Gasteiger partial charge is 0.384 e. The van der Waals surface area contributed by atoms with Crippen molar-refractivity contribution in [2.24, 2.45) is 0 Å². The summed E-state index contributed by atoms with van der Waals surface area (Å²) in [7, 11) is 0. The summed E-state index contributed by atoms with van der Waals surface area (Å²) in [5.41, 5.74) is -0.0103. The van der Waals surface area contributed by atoms with Crippen LogP contribution in [-0.2, 0) is 4.74 Å². The van der Waals surface area contributed by atoms with Crippen molar-refractivity contribution in [3.05, 3.63) is 34.1 Å². The van der Waals surface area contributed by atoms with Crippen LogP contribution in [0.2, 0.25) is 0 Å². The zero-order valence-corrected chi connectivity index (χ0v) is 10.6. The molecule has 0 aromatic heterocycles. The van der Waals surface area contributed by atoms with Crippen LogP contribution in [0.5, 0.6) is 0 Å². The molecule has 1 nitrogen and oxygen atoms in total. The molecule has 0 heterocycles. The van der Waals surface area contributed by atoms with Crippen LogP contribution in [0.3, 0.4) is 0 Å². The van der Waals surface area contributed by atoms with E-state index in [9.17, 15) is 17.6 Å². The molecule has 0 radical (unpaired) electrons. The number of ether oxygens (including phenoxy) is 1. The van der Waals surface area contributed by atoms with Crippen molar-refractivity contribution in [3.8, 4) is 0 Å². The van der Waals surface area contributed by atoms with E-state index in [0.29, 0.717) is 4.47 Å². The van der Waals surface area contributed by atoms with E-state index in [4.69, 9.17) is 0 Å². The van der Waals surface area contributed by atoms with E-state index in [2.05, 4.69) is 20.7 Å². The fourth-order valence-corrected chi connectivity index (χ4v) is 1.70. The Morgan fingerprint density at radius 2 is 2.06 bits per heavy atom. The molecule has 0 aliphatic heterocycles. The first-order valence-electron chi connectivity index (χ1n) is 4.96. The third-order valence-corrected chi connectivity index (χ3v) is 2.64. The van der Waals surface area contributed by atoms with Gasteiger partial charge >= 0.3 is 6.11 Å². The van der Waals surface area contributed by atoms with Gasteiger partial charge in [0.1, 0.15) is 5.82 Å². The minimum absolute atomic E-state index is 0.0103. The molecule has 0 fully saturated rings. The maximum absolute atomic E-state index is 13.5. The lowest BCUT2D eigenvalue weighted by Crippen LogP contribution is -2.26. The van der Waals surface area contributed by atoms with E-state index in [1.54, 1.807) is 6.92 Å². The van der Waals surface area contributed by atoms with Gasteiger partial charge in [-0.2, -0.15) is 8.78 Å². The van der Waals surface area contributed by atoms with Crippen molar-refractivity contribution in [2.45, 2.75) is 25.6 Å². The van der Waals surface area contributed by atoms with Crippen LogP contribution in [0.1, 0.15) is 25.0 Å². The highest BCUT2D eigenvalue weighted by molar-refractivity contribution is 9.10. The fourth-order valence-electron chi connectivity index (χ4n) is 1.37. The number of alkyl halides is 3. The van der Waals surface area contributed by atoms with Gasteiger partial charge in [-0.05, 0) is 18.6 Å². The number of hydrogen-bond donors (Lipinski definition) is 0. The molecule has 1 unspecified atom stereocenters. The predicted molar refractivity (Wildman–Crippen MR) is 59.1 cm³/mol. The van der Waals surface area contributed by atoms with Crippen molar-refractivity contribution < 1.29 is 22.3 Å². The van der Waals surface area contributed by atoms with Crippen LogP contribution in [0.4, 0.5) is 17.6 Å². The molecule has 17 heavy (non-hydrogen) atoms. The van der Waals surface area contributed by atoms with Crippen molar-refractivity contribution in [1.82, 2.24) is 0 Å². The van der Waals surface area contributed by atoms with Crippen molar-refractivity contribution >= 4 is 15.9 Å². The Morgan fingerprint density at radius 3 is 2.53 bits per heavy atom. The number of benzene rings is 1. The minimum atomic E-state index is -3.89. The van der Waals surface area contributed by atoms with Crippen LogP contribution in [0.25, 0.3) is 0 Å². The van der Waals surface area contributed by atoms with Crippen LogP contribution < -0.4 is 0 Å². The van der Waals surface area contributed by atoms with Gasteiger partial charge in [-0.25, -0.2) is 8.78 Å². The molecule has 96 valence electrons. The standard InChI is InChI=1S/C11H11BrF4O/c1-2-10(17-11(15,16)6-13)8-4-3-7(12)5-9(8)14/h3-5,10H,2,6H2,1H3. The molecular formula is C11H11BrF4O. The maximum Gasteiger partial charge on any atom is 0.384 e. The topological polar surface area (TPSA) is 9.23 Å². The lowest BCUT2D eigenvalue weighted by Gasteiger charge is -2.22. The van der Waals surface area contributed by atoms with Crippen LogP contribution in [0, 0.1) is 5.82 Å². The Balaban J connectivity index is 2.94. The SMILES string of the molecule is CCC(OC(F)(F)CF)c1ccc(Br)cc1F. The second-order valence-corrected chi connectivity index (χ2v) is 4.37. The van der Waals surface area contributed by atoms with Gasteiger partial charge in [0.05, 0.1) is 6.10 Å². The summed E-state index contributed by atoms with van der Waals surface area (Å²) in [6.45, 7) is -0.373. The fraction of sp³-hybridized carbons (Fsp3) is 0.455. The van der Waals surface area contributed by atoms with E-state index in [0.717, 1.165) is 6.07 Å². The highest BCUT2D eigenvalue weighted by atomic mass is 79.9. The first-order valence-corrected chi connectivity index (χ1v) is 5.75. The Labute approximate surface area is 105 Å². The summed E-state index contributed by atoms with van der Waals surface area (Å²) < 4.78 is 55.8. The van der Waals surface area contributed by atoms with E-state index < -0.39 is 24.7 Å². The molecule has 0 spiro atoms. The van der Waals surface area contributed by atoms with Crippen LogP contribution in [-0.4, -0.2) is 12.8 Å². The Bertz CT molecular complexity index is 384. The van der Waals surface area contributed by atoms with Gasteiger partial charge in [-0.15, -0.1) is 0 Å². The zero-order chi connectivity index (χ0) is 13.1. The van der Waals surface area contributed by atoms with E-state index >= 15 is 0 Å². The van der Waals surface area contributed by atoms with Crippen molar-refractivity contribution in [2.75, 3.05) is 6.67 Å². The van der Waals surface area contributed by atoms with Gasteiger partial charge in [-0.3, -0.25) is 0 Å². The first-order chi connectivity index (χ1) is 7.89. The Morgan fingerprint density at radius 1 is 1.41 bits per heavy atom. The molecule has 0 saturated heterocycles. The average Bonchev–Trinajstić information content (AvgIpc) is 2.26. The van der Waals surface area contributed by atoms with Gasteiger partial charge in [0.25, 0.3) is 0 Å². The summed E-state index contributed by atoms with van der Waals surface area (Å²) in [4.78, 5) is 0. The van der Waals surface area contributed by atoms with Crippen LogP contribution in [0.15, 0.2) is 22.7 Å². The van der Waals surface area contributed by atoms with Gasteiger partial charge in [0, 0.05) is 10.0 Å². The first kappa shape index (κ1) is 14.4. The highest BCUT2D eigenvalue weighted by Gasteiger charge is 2.34. The van der Waals surface area contributed by atoms with Crippen LogP contribution >= 0.6 is 15.9 Å². The molecule has 0 aliphatic carbocycles. The van der Waals surface area contributed by atoms with Gasteiger partial charge < -0.3 is 4.74 Å². The van der Waals surface area contributed by atoms with Crippen molar-refractivity contribution in [1.29, 1.82) is 0 Å². The normalized spacial score (nSPS) is 13.8. The molecule has 1 aromatic carbocycles. The summed E-state index contributed by atoms with van der Waals surface area (Å²) in [5.74, 6) is -0.666. The quantitative estimate of drug-likeness (QED) is 0.721. The van der Waals surface area contributed by atoms with Gasteiger partial charge in [-0.1, -0.05) is 28.9 Å². The molecule has 0 aliphatic rings. The molecular weight excluding hydrogens is 304 g/mol. The number of hydrogen-bond acceptors (Lipinski definition) is 1.